The summed E-state index contributed by atoms with van der Waals surface area (Å²) >= 11 is 0. The highest BCUT2D eigenvalue weighted by molar-refractivity contribution is 5.33. The van der Waals surface area contributed by atoms with E-state index < -0.39 is 0 Å². The fourth-order valence-electron chi connectivity index (χ4n) is 2.33. The molecule has 3 heteroatoms. The Labute approximate surface area is 115 Å². The highest BCUT2D eigenvalue weighted by atomic mass is 15.1. The van der Waals surface area contributed by atoms with Gasteiger partial charge in [0, 0.05) is 25.6 Å². The van der Waals surface area contributed by atoms with Crippen molar-refractivity contribution >= 4 is 0 Å². The normalized spacial score (nSPS) is 11.0. The van der Waals surface area contributed by atoms with E-state index in [1.54, 1.807) is 0 Å². The van der Waals surface area contributed by atoms with Gasteiger partial charge in [-0.25, -0.2) is 4.98 Å². The Kier molecular flexibility index (Phi) is 4.05. The third-order valence-electron chi connectivity index (χ3n) is 3.88. The van der Waals surface area contributed by atoms with Gasteiger partial charge in [-0.1, -0.05) is 18.2 Å². The second kappa shape index (κ2) is 5.57. The van der Waals surface area contributed by atoms with Crippen LogP contribution in [0.5, 0.6) is 0 Å². The van der Waals surface area contributed by atoms with Gasteiger partial charge in [0.2, 0.25) is 0 Å². The minimum Gasteiger partial charge on any atom is -0.335 e. The zero-order valence-electron chi connectivity index (χ0n) is 12.3. The molecule has 0 aliphatic heterocycles. The molecule has 102 valence electrons. The van der Waals surface area contributed by atoms with Gasteiger partial charge in [-0.2, -0.15) is 0 Å². The van der Waals surface area contributed by atoms with Crippen molar-refractivity contribution in [1.82, 2.24) is 9.55 Å². The number of hydrogen-bond donors (Lipinski definition) is 1. The molecule has 2 rings (SSSR count). The maximum atomic E-state index is 5.62. The lowest BCUT2D eigenvalue weighted by Gasteiger charge is -2.05. The van der Waals surface area contributed by atoms with E-state index in [4.69, 9.17) is 10.7 Å². The quantitative estimate of drug-likeness (QED) is 0.914. The molecular weight excluding hydrogens is 234 g/mol. The van der Waals surface area contributed by atoms with E-state index >= 15 is 0 Å². The minimum absolute atomic E-state index is 0.646. The van der Waals surface area contributed by atoms with E-state index in [1.165, 1.54) is 22.4 Å². The lowest BCUT2D eigenvalue weighted by atomic mass is 10.0. The minimum atomic E-state index is 0.646. The van der Waals surface area contributed by atoms with E-state index in [9.17, 15) is 0 Å². The number of nitrogens with two attached hydrogens (primary N) is 1. The largest absolute Gasteiger partial charge is 0.335 e. The molecule has 0 radical (unpaired) electrons. The molecule has 3 nitrogen and oxygen atoms in total. The van der Waals surface area contributed by atoms with Crippen molar-refractivity contribution in [1.29, 1.82) is 0 Å². The standard InChI is InChI=1S/C16H23N3/c1-11-5-6-14(9-12(11)2)10-15-13(3)19(4)16(18-15)7-8-17/h5-6,9H,7-8,10,17H2,1-4H3. The van der Waals surface area contributed by atoms with E-state index in [1.807, 2.05) is 0 Å². The average molecular weight is 257 g/mol. The van der Waals surface area contributed by atoms with Gasteiger partial charge in [0.25, 0.3) is 0 Å². The molecule has 0 saturated carbocycles. The third-order valence-corrected chi connectivity index (χ3v) is 3.88. The Hall–Kier alpha value is -1.61. The summed E-state index contributed by atoms with van der Waals surface area (Å²) in [4.78, 5) is 4.73. The fourth-order valence-corrected chi connectivity index (χ4v) is 2.33. The number of aromatic nitrogens is 2. The van der Waals surface area contributed by atoms with Crippen LogP contribution in [0.4, 0.5) is 0 Å². The molecule has 0 atom stereocenters. The topological polar surface area (TPSA) is 43.8 Å². The van der Waals surface area contributed by atoms with Gasteiger partial charge in [-0.3, -0.25) is 0 Å². The molecule has 2 N–H and O–H groups in total. The van der Waals surface area contributed by atoms with Crippen LogP contribution in [0.25, 0.3) is 0 Å². The SMILES string of the molecule is Cc1ccc(Cc2nc(CCN)n(C)c2C)cc1C. The van der Waals surface area contributed by atoms with Gasteiger partial charge >= 0.3 is 0 Å². The van der Waals surface area contributed by atoms with Crippen LogP contribution in [0.2, 0.25) is 0 Å². The van der Waals surface area contributed by atoms with Crippen molar-refractivity contribution in [2.75, 3.05) is 6.54 Å². The zero-order chi connectivity index (χ0) is 14.0. The summed E-state index contributed by atoms with van der Waals surface area (Å²) in [5, 5.41) is 0. The molecule has 1 aromatic heterocycles. The van der Waals surface area contributed by atoms with Crippen LogP contribution in [0, 0.1) is 20.8 Å². The number of nitrogens with zero attached hydrogens (tertiary/aromatic N) is 2. The van der Waals surface area contributed by atoms with Crippen molar-refractivity contribution in [3.63, 3.8) is 0 Å². The molecular formula is C16H23N3. The summed E-state index contributed by atoms with van der Waals surface area (Å²) < 4.78 is 2.16. The molecule has 2 aromatic rings. The highest BCUT2D eigenvalue weighted by Gasteiger charge is 2.11. The monoisotopic (exact) mass is 257 g/mol. The maximum absolute atomic E-state index is 5.62. The Morgan fingerprint density at radius 1 is 1.16 bits per heavy atom. The summed E-state index contributed by atoms with van der Waals surface area (Å²) in [6.07, 6.45) is 1.73. The first-order valence-electron chi connectivity index (χ1n) is 6.80. The van der Waals surface area contributed by atoms with Crippen LogP contribution in [0.15, 0.2) is 18.2 Å². The van der Waals surface area contributed by atoms with Crippen molar-refractivity contribution in [2.24, 2.45) is 12.8 Å². The molecule has 0 aliphatic rings. The summed E-state index contributed by atoms with van der Waals surface area (Å²) in [6, 6.07) is 6.63. The van der Waals surface area contributed by atoms with Crippen LogP contribution < -0.4 is 5.73 Å². The molecule has 0 bridgehead atoms. The lowest BCUT2D eigenvalue weighted by Crippen LogP contribution is -2.08. The fraction of sp³-hybridized carbons (Fsp3) is 0.438. The molecule has 0 unspecified atom stereocenters. The first-order valence-corrected chi connectivity index (χ1v) is 6.80. The van der Waals surface area contributed by atoms with Crippen LogP contribution in [0.3, 0.4) is 0 Å². The number of hydrogen-bond acceptors (Lipinski definition) is 2. The number of imidazole rings is 1. The average Bonchev–Trinajstić information content (AvgIpc) is 2.63. The first kappa shape index (κ1) is 13.8. The predicted octanol–water partition coefficient (Wildman–Crippen LogP) is 2.44. The molecule has 0 spiro atoms. The molecule has 0 saturated heterocycles. The number of aryl methyl sites for hydroxylation is 2. The van der Waals surface area contributed by atoms with Crippen LogP contribution in [-0.4, -0.2) is 16.1 Å². The molecule has 0 aliphatic carbocycles. The van der Waals surface area contributed by atoms with Crippen LogP contribution >= 0.6 is 0 Å². The Bertz CT molecular complexity index is 582. The summed E-state index contributed by atoms with van der Waals surface area (Å²) in [6.45, 7) is 7.07. The van der Waals surface area contributed by atoms with E-state index in [0.717, 1.165) is 24.4 Å². The van der Waals surface area contributed by atoms with Gasteiger partial charge in [0.05, 0.1) is 5.69 Å². The van der Waals surface area contributed by atoms with Gasteiger partial charge in [0.1, 0.15) is 5.82 Å². The van der Waals surface area contributed by atoms with Gasteiger partial charge in [-0.05, 0) is 44.0 Å². The van der Waals surface area contributed by atoms with Crippen molar-refractivity contribution in [3.8, 4) is 0 Å². The molecule has 19 heavy (non-hydrogen) atoms. The number of benzene rings is 1. The summed E-state index contributed by atoms with van der Waals surface area (Å²) in [5.74, 6) is 1.08. The Morgan fingerprint density at radius 2 is 1.89 bits per heavy atom. The zero-order valence-corrected chi connectivity index (χ0v) is 12.3. The van der Waals surface area contributed by atoms with Crippen LogP contribution in [-0.2, 0) is 19.9 Å². The number of rotatable bonds is 4. The predicted molar refractivity (Wildman–Crippen MR) is 79.4 cm³/mol. The van der Waals surface area contributed by atoms with Gasteiger partial charge in [0.15, 0.2) is 0 Å². The summed E-state index contributed by atoms with van der Waals surface area (Å²) in [7, 11) is 2.07. The first-order chi connectivity index (χ1) is 9.02. The van der Waals surface area contributed by atoms with Crippen molar-refractivity contribution in [3.05, 3.63) is 52.1 Å². The molecule has 1 aromatic carbocycles. The Morgan fingerprint density at radius 3 is 2.53 bits per heavy atom. The smallest absolute Gasteiger partial charge is 0.110 e. The van der Waals surface area contributed by atoms with E-state index in [0.29, 0.717) is 6.54 Å². The second-order valence-electron chi connectivity index (χ2n) is 5.25. The van der Waals surface area contributed by atoms with Crippen molar-refractivity contribution in [2.45, 2.75) is 33.6 Å². The maximum Gasteiger partial charge on any atom is 0.110 e. The van der Waals surface area contributed by atoms with E-state index in [-0.39, 0.29) is 0 Å². The molecule has 1 heterocycles. The Balaban J connectivity index is 2.27. The molecule has 0 amide bonds. The van der Waals surface area contributed by atoms with Crippen molar-refractivity contribution < 1.29 is 0 Å². The molecule has 0 fully saturated rings. The highest BCUT2D eigenvalue weighted by Crippen LogP contribution is 2.17. The lowest BCUT2D eigenvalue weighted by molar-refractivity contribution is 0.761. The summed E-state index contributed by atoms with van der Waals surface area (Å²) in [5.41, 5.74) is 12.0. The van der Waals surface area contributed by atoms with Gasteiger partial charge < -0.3 is 10.3 Å². The second-order valence-corrected chi connectivity index (χ2v) is 5.25. The third kappa shape index (κ3) is 2.87. The van der Waals surface area contributed by atoms with E-state index in [2.05, 4.69) is 50.6 Å². The van der Waals surface area contributed by atoms with Gasteiger partial charge in [-0.15, -0.1) is 0 Å². The van der Waals surface area contributed by atoms with Crippen LogP contribution in [0.1, 0.15) is 33.9 Å².